The Bertz CT molecular complexity index is 1220. The van der Waals surface area contributed by atoms with Crippen molar-refractivity contribution in [1.29, 1.82) is 0 Å². The molecule has 0 unspecified atom stereocenters. The van der Waals surface area contributed by atoms with Gasteiger partial charge in [-0.05, 0) is 60.0 Å². The lowest BCUT2D eigenvalue weighted by Crippen LogP contribution is -2.24. The second kappa shape index (κ2) is 14.0. The lowest BCUT2D eigenvalue weighted by atomic mass is 10.2. The fraction of sp³-hybridized carbons (Fsp3) is 0.259. The summed E-state index contributed by atoms with van der Waals surface area (Å²) in [5.74, 6) is 3.59. The van der Waals surface area contributed by atoms with E-state index in [1.807, 2.05) is 79.0 Å². The van der Waals surface area contributed by atoms with Crippen LogP contribution in [0.2, 0.25) is 5.02 Å². The molecule has 1 amide bonds. The molecule has 0 radical (unpaired) electrons. The van der Waals surface area contributed by atoms with E-state index < -0.39 is 0 Å². The molecule has 0 saturated carbocycles. The molecule has 0 aliphatic carbocycles. The SMILES string of the molecule is CCOc1cc(/C=N\NC(=O)COc2ccc(C3SCCS3)cc2)cc(Cl)c1OCc1ccc(Br)cc1. The third-order valence-electron chi connectivity index (χ3n) is 5.17. The van der Waals surface area contributed by atoms with Gasteiger partial charge in [-0.15, -0.1) is 23.5 Å². The van der Waals surface area contributed by atoms with Gasteiger partial charge in [-0.25, -0.2) is 5.43 Å². The summed E-state index contributed by atoms with van der Waals surface area (Å²) in [5, 5.41) is 4.41. The molecule has 3 aromatic carbocycles. The number of rotatable bonds is 11. The fourth-order valence-corrected chi connectivity index (χ4v) is 6.83. The summed E-state index contributed by atoms with van der Waals surface area (Å²) in [4.78, 5) is 12.2. The molecule has 37 heavy (non-hydrogen) atoms. The number of thioether (sulfide) groups is 2. The van der Waals surface area contributed by atoms with Gasteiger partial charge in [-0.2, -0.15) is 5.10 Å². The van der Waals surface area contributed by atoms with E-state index in [9.17, 15) is 4.79 Å². The summed E-state index contributed by atoms with van der Waals surface area (Å²) in [7, 11) is 0. The van der Waals surface area contributed by atoms with E-state index in [0.717, 1.165) is 10.0 Å². The van der Waals surface area contributed by atoms with Gasteiger partial charge >= 0.3 is 0 Å². The molecule has 1 N–H and O–H groups in total. The first-order valence-corrected chi connectivity index (χ1v) is 14.9. The summed E-state index contributed by atoms with van der Waals surface area (Å²) in [5.41, 5.74) is 5.40. The first kappa shape index (κ1) is 27.7. The average Bonchev–Trinajstić information content (AvgIpc) is 3.44. The van der Waals surface area contributed by atoms with E-state index >= 15 is 0 Å². The minimum atomic E-state index is -0.368. The minimum absolute atomic E-state index is 0.141. The number of amides is 1. The normalized spacial score (nSPS) is 13.6. The predicted octanol–water partition coefficient (Wildman–Crippen LogP) is 7.09. The van der Waals surface area contributed by atoms with Gasteiger partial charge in [0.15, 0.2) is 18.1 Å². The number of carbonyl (C=O) groups is 1. The highest BCUT2D eigenvalue weighted by Gasteiger charge is 2.18. The Morgan fingerprint density at radius 3 is 2.51 bits per heavy atom. The van der Waals surface area contributed by atoms with Crippen molar-refractivity contribution in [2.24, 2.45) is 5.10 Å². The number of hydrogen-bond donors (Lipinski definition) is 1. The van der Waals surface area contributed by atoms with Gasteiger partial charge in [-0.3, -0.25) is 4.79 Å². The summed E-state index contributed by atoms with van der Waals surface area (Å²) < 4.78 is 18.7. The van der Waals surface area contributed by atoms with Gasteiger partial charge < -0.3 is 14.2 Å². The third-order valence-corrected chi connectivity index (χ3v) is 9.09. The maximum atomic E-state index is 12.2. The van der Waals surface area contributed by atoms with E-state index in [-0.39, 0.29) is 12.5 Å². The topological polar surface area (TPSA) is 69.2 Å². The minimum Gasteiger partial charge on any atom is -0.490 e. The van der Waals surface area contributed by atoms with Crippen LogP contribution in [0.5, 0.6) is 17.2 Å². The van der Waals surface area contributed by atoms with E-state index in [1.54, 1.807) is 12.1 Å². The van der Waals surface area contributed by atoms with Crippen LogP contribution in [0.15, 0.2) is 70.2 Å². The van der Waals surface area contributed by atoms with Crippen LogP contribution in [0.25, 0.3) is 0 Å². The number of hydrazone groups is 1. The Balaban J connectivity index is 1.30. The number of ether oxygens (including phenoxy) is 3. The molecule has 0 aromatic heterocycles. The van der Waals surface area contributed by atoms with Crippen LogP contribution in [-0.4, -0.2) is 36.8 Å². The van der Waals surface area contributed by atoms with Gasteiger partial charge in [-0.1, -0.05) is 51.8 Å². The molecule has 1 heterocycles. The number of carbonyl (C=O) groups excluding carboxylic acids is 1. The zero-order valence-electron chi connectivity index (χ0n) is 20.1. The summed E-state index contributed by atoms with van der Waals surface area (Å²) >= 11 is 13.8. The number of hydrogen-bond acceptors (Lipinski definition) is 7. The van der Waals surface area contributed by atoms with Crippen LogP contribution in [-0.2, 0) is 11.4 Å². The maximum absolute atomic E-state index is 12.2. The lowest BCUT2D eigenvalue weighted by molar-refractivity contribution is -0.123. The van der Waals surface area contributed by atoms with Crippen molar-refractivity contribution in [2.45, 2.75) is 18.1 Å². The molecular weight excluding hydrogens is 596 g/mol. The number of halogens is 2. The highest BCUT2D eigenvalue weighted by molar-refractivity contribution is 9.10. The summed E-state index contributed by atoms with van der Waals surface area (Å²) in [6.07, 6.45) is 1.50. The highest BCUT2D eigenvalue weighted by atomic mass is 79.9. The molecule has 1 fully saturated rings. The second-order valence-electron chi connectivity index (χ2n) is 7.90. The fourth-order valence-electron chi connectivity index (χ4n) is 3.43. The van der Waals surface area contributed by atoms with Crippen molar-refractivity contribution in [2.75, 3.05) is 24.7 Å². The Hall–Kier alpha value is -2.33. The largest absolute Gasteiger partial charge is 0.490 e. The number of benzene rings is 3. The average molecular weight is 622 g/mol. The van der Waals surface area contributed by atoms with Crippen molar-refractivity contribution in [3.63, 3.8) is 0 Å². The number of nitrogens with zero attached hydrogens (tertiary/aromatic N) is 1. The molecule has 1 aliphatic heterocycles. The molecule has 194 valence electrons. The first-order chi connectivity index (χ1) is 18.0. The van der Waals surface area contributed by atoms with Gasteiger partial charge in [0, 0.05) is 16.0 Å². The van der Waals surface area contributed by atoms with Crippen LogP contribution in [0, 0.1) is 0 Å². The van der Waals surface area contributed by atoms with Crippen LogP contribution in [0.3, 0.4) is 0 Å². The van der Waals surface area contributed by atoms with E-state index in [2.05, 4.69) is 26.5 Å². The molecular formula is C27H26BrClN2O4S2. The van der Waals surface area contributed by atoms with E-state index in [1.165, 1.54) is 23.3 Å². The van der Waals surface area contributed by atoms with Crippen molar-refractivity contribution in [1.82, 2.24) is 5.43 Å². The van der Waals surface area contributed by atoms with Crippen molar-refractivity contribution >= 4 is 63.2 Å². The zero-order valence-corrected chi connectivity index (χ0v) is 24.1. The van der Waals surface area contributed by atoms with Crippen molar-refractivity contribution in [3.8, 4) is 17.2 Å². The summed E-state index contributed by atoms with van der Waals surface area (Å²) in [6, 6.07) is 19.2. The first-order valence-electron chi connectivity index (χ1n) is 11.6. The maximum Gasteiger partial charge on any atom is 0.277 e. The molecule has 4 rings (SSSR count). The van der Waals surface area contributed by atoms with Crippen LogP contribution >= 0.6 is 51.1 Å². The predicted molar refractivity (Wildman–Crippen MR) is 156 cm³/mol. The molecule has 6 nitrogen and oxygen atoms in total. The van der Waals surface area contributed by atoms with Gasteiger partial charge in [0.05, 0.1) is 22.4 Å². The molecule has 1 aliphatic rings. The monoisotopic (exact) mass is 620 g/mol. The number of nitrogens with one attached hydrogen (secondary N) is 1. The Morgan fingerprint density at radius 1 is 1.08 bits per heavy atom. The lowest BCUT2D eigenvalue weighted by Gasteiger charge is -2.14. The highest BCUT2D eigenvalue weighted by Crippen LogP contribution is 2.45. The van der Waals surface area contributed by atoms with Gasteiger partial charge in [0.2, 0.25) is 0 Å². The standard InChI is InChI=1S/C27H26BrClN2O4S2/c1-2-33-24-14-19(13-23(29)26(24)35-16-18-3-7-21(28)8-4-18)15-30-31-25(32)17-34-22-9-5-20(6-10-22)27-36-11-12-37-27/h3-10,13-15,27H,2,11-12,16-17H2,1H3,(H,31,32)/b30-15-. The molecule has 0 spiro atoms. The van der Waals surface area contributed by atoms with Gasteiger partial charge in [0.1, 0.15) is 12.4 Å². The van der Waals surface area contributed by atoms with Gasteiger partial charge in [0.25, 0.3) is 5.91 Å². The molecule has 0 atom stereocenters. The quantitative estimate of drug-likeness (QED) is 0.182. The van der Waals surface area contributed by atoms with Crippen LogP contribution in [0.4, 0.5) is 0 Å². The molecule has 10 heteroatoms. The Morgan fingerprint density at radius 2 is 1.81 bits per heavy atom. The van der Waals surface area contributed by atoms with Crippen molar-refractivity contribution < 1.29 is 19.0 Å². The molecule has 3 aromatic rings. The summed E-state index contributed by atoms with van der Waals surface area (Å²) in [6.45, 7) is 2.53. The third kappa shape index (κ3) is 8.33. The van der Waals surface area contributed by atoms with E-state index in [0.29, 0.717) is 45.6 Å². The van der Waals surface area contributed by atoms with Crippen LogP contribution in [0.1, 0.15) is 28.2 Å². The van der Waals surface area contributed by atoms with Crippen molar-refractivity contribution in [3.05, 3.63) is 86.8 Å². The Kier molecular flexibility index (Phi) is 10.5. The van der Waals surface area contributed by atoms with E-state index in [4.69, 9.17) is 25.8 Å². The van der Waals surface area contributed by atoms with Crippen LogP contribution < -0.4 is 19.6 Å². The Labute approximate surface area is 238 Å². The smallest absolute Gasteiger partial charge is 0.277 e. The molecule has 1 saturated heterocycles. The zero-order chi connectivity index (χ0) is 26.0. The second-order valence-corrected chi connectivity index (χ2v) is 11.9. The molecule has 0 bridgehead atoms.